The quantitative estimate of drug-likeness (QED) is 0.872. The summed E-state index contributed by atoms with van der Waals surface area (Å²) in [4.78, 5) is 8.09. The normalized spacial score (nSPS) is 12.4. The van der Waals surface area contributed by atoms with Crippen molar-refractivity contribution in [2.45, 2.75) is 26.4 Å². The second-order valence-corrected chi connectivity index (χ2v) is 4.21. The number of aryl methyl sites for hydroxylation is 1. The summed E-state index contributed by atoms with van der Waals surface area (Å²) in [5.74, 6) is 0. The lowest BCUT2D eigenvalue weighted by atomic mass is 10.1. The summed E-state index contributed by atoms with van der Waals surface area (Å²) in [6.07, 6.45) is 3.34. The van der Waals surface area contributed by atoms with Crippen LogP contribution in [0.1, 0.15) is 29.8 Å². The monoisotopic (exact) mass is 227 g/mol. The Morgan fingerprint density at radius 3 is 2.59 bits per heavy atom. The molecule has 0 aliphatic carbocycles. The molecule has 0 spiro atoms. The molecule has 0 saturated heterocycles. The second-order valence-electron chi connectivity index (χ2n) is 4.21. The highest BCUT2D eigenvalue weighted by molar-refractivity contribution is 5.23. The zero-order valence-corrected chi connectivity index (χ0v) is 10.2. The first-order valence-corrected chi connectivity index (χ1v) is 5.80. The molecule has 0 saturated carbocycles. The molecule has 88 valence electrons. The molecule has 1 aromatic carbocycles. The lowest BCUT2D eigenvalue weighted by Crippen LogP contribution is -2.18. The van der Waals surface area contributed by atoms with Crippen molar-refractivity contribution >= 4 is 0 Å². The minimum Gasteiger partial charge on any atom is -0.305 e. The zero-order chi connectivity index (χ0) is 12.1. The molecule has 1 atom stereocenters. The van der Waals surface area contributed by atoms with E-state index in [1.165, 1.54) is 11.1 Å². The number of aromatic nitrogens is 2. The molecule has 1 aromatic heterocycles. The predicted molar refractivity (Wildman–Crippen MR) is 68.5 cm³/mol. The van der Waals surface area contributed by atoms with Gasteiger partial charge in [-0.25, -0.2) is 9.97 Å². The highest BCUT2D eigenvalue weighted by atomic mass is 14.9. The van der Waals surface area contributed by atoms with Gasteiger partial charge in [0.25, 0.3) is 0 Å². The Labute approximate surface area is 102 Å². The summed E-state index contributed by atoms with van der Waals surface area (Å²) in [5, 5.41) is 3.44. The molecule has 0 bridgehead atoms. The summed E-state index contributed by atoms with van der Waals surface area (Å²) in [7, 11) is 0. The molecule has 0 aliphatic rings. The summed E-state index contributed by atoms with van der Waals surface area (Å²) < 4.78 is 0. The fourth-order valence-electron chi connectivity index (χ4n) is 1.65. The summed E-state index contributed by atoms with van der Waals surface area (Å²) in [6, 6.07) is 10.8. The predicted octanol–water partition coefficient (Wildman–Crippen LogP) is 2.64. The summed E-state index contributed by atoms with van der Waals surface area (Å²) in [6.45, 7) is 5.02. The number of rotatable bonds is 4. The van der Waals surface area contributed by atoms with Gasteiger partial charge in [0.15, 0.2) is 0 Å². The highest BCUT2D eigenvalue weighted by Gasteiger charge is 2.04. The molecule has 0 radical (unpaired) electrons. The number of hydrogen-bond acceptors (Lipinski definition) is 3. The number of benzene rings is 1. The number of hydrogen-bond donors (Lipinski definition) is 1. The zero-order valence-electron chi connectivity index (χ0n) is 10.2. The van der Waals surface area contributed by atoms with E-state index in [-0.39, 0.29) is 0 Å². The van der Waals surface area contributed by atoms with E-state index in [1.54, 1.807) is 12.5 Å². The Bertz CT molecular complexity index is 451. The Kier molecular flexibility index (Phi) is 3.83. The molecule has 3 nitrogen and oxygen atoms in total. The third kappa shape index (κ3) is 3.36. The lowest BCUT2D eigenvalue weighted by molar-refractivity contribution is 0.567. The maximum Gasteiger partial charge on any atom is 0.115 e. The van der Waals surface area contributed by atoms with Gasteiger partial charge < -0.3 is 5.32 Å². The third-order valence-corrected chi connectivity index (χ3v) is 2.81. The highest BCUT2D eigenvalue weighted by Crippen LogP contribution is 2.13. The molecule has 17 heavy (non-hydrogen) atoms. The van der Waals surface area contributed by atoms with Crippen LogP contribution in [0.2, 0.25) is 0 Å². The Hall–Kier alpha value is -1.74. The van der Waals surface area contributed by atoms with E-state index in [4.69, 9.17) is 0 Å². The van der Waals surface area contributed by atoms with Gasteiger partial charge in [0.1, 0.15) is 6.33 Å². The van der Waals surface area contributed by atoms with Crippen molar-refractivity contribution in [1.29, 1.82) is 0 Å². The van der Waals surface area contributed by atoms with Gasteiger partial charge in [-0.3, -0.25) is 0 Å². The van der Waals surface area contributed by atoms with Crippen LogP contribution in [0.25, 0.3) is 0 Å². The van der Waals surface area contributed by atoms with Crippen molar-refractivity contribution in [3.8, 4) is 0 Å². The molecular formula is C14H17N3. The maximum atomic E-state index is 4.18. The Morgan fingerprint density at radius 2 is 1.94 bits per heavy atom. The number of nitrogens with zero attached hydrogens (tertiary/aromatic N) is 2. The van der Waals surface area contributed by atoms with E-state index in [1.807, 2.05) is 6.07 Å². The molecule has 2 rings (SSSR count). The Balaban J connectivity index is 1.93. The standard InChI is InChI=1S/C14H17N3/c1-11-3-5-13(6-4-11)12(2)16-9-14-7-8-15-10-17-14/h3-8,10,12,16H,9H2,1-2H3. The molecule has 1 N–H and O–H groups in total. The Morgan fingerprint density at radius 1 is 1.18 bits per heavy atom. The van der Waals surface area contributed by atoms with Gasteiger partial charge in [-0.05, 0) is 25.5 Å². The van der Waals surface area contributed by atoms with Gasteiger partial charge in [0.05, 0.1) is 5.69 Å². The third-order valence-electron chi connectivity index (χ3n) is 2.81. The van der Waals surface area contributed by atoms with Gasteiger partial charge in [0, 0.05) is 18.8 Å². The van der Waals surface area contributed by atoms with E-state index in [9.17, 15) is 0 Å². The van der Waals surface area contributed by atoms with Crippen LogP contribution in [0.15, 0.2) is 42.9 Å². The topological polar surface area (TPSA) is 37.8 Å². The van der Waals surface area contributed by atoms with Crippen molar-refractivity contribution < 1.29 is 0 Å². The van der Waals surface area contributed by atoms with E-state index in [0.29, 0.717) is 6.04 Å². The van der Waals surface area contributed by atoms with Gasteiger partial charge >= 0.3 is 0 Å². The molecule has 1 heterocycles. The minimum absolute atomic E-state index is 0.325. The molecule has 3 heteroatoms. The first-order valence-electron chi connectivity index (χ1n) is 5.80. The molecule has 2 aromatic rings. The fourth-order valence-corrected chi connectivity index (χ4v) is 1.65. The van der Waals surface area contributed by atoms with Crippen LogP contribution in [0.5, 0.6) is 0 Å². The van der Waals surface area contributed by atoms with Crippen LogP contribution in [-0.4, -0.2) is 9.97 Å². The van der Waals surface area contributed by atoms with Crippen molar-refractivity contribution in [3.05, 3.63) is 59.7 Å². The summed E-state index contributed by atoms with van der Waals surface area (Å²) in [5.41, 5.74) is 3.60. The lowest BCUT2D eigenvalue weighted by Gasteiger charge is -2.14. The van der Waals surface area contributed by atoms with Crippen molar-refractivity contribution in [3.63, 3.8) is 0 Å². The van der Waals surface area contributed by atoms with Gasteiger partial charge in [-0.1, -0.05) is 29.8 Å². The minimum atomic E-state index is 0.325. The molecule has 0 amide bonds. The van der Waals surface area contributed by atoms with E-state index in [0.717, 1.165) is 12.2 Å². The van der Waals surface area contributed by atoms with Gasteiger partial charge in [-0.15, -0.1) is 0 Å². The van der Waals surface area contributed by atoms with E-state index < -0.39 is 0 Å². The fraction of sp³-hybridized carbons (Fsp3) is 0.286. The van der Waals surface area contributed by atoms with Crippen LogP contribution >= 0.6 is 0 Å². The van der Waals surface area contributed by atoms with Crippen molar-refractivity contribution in [2.75, 3.05) is 0 Å². The average Bonchev–Trinajstić information content (AvgIpc) is 2.38. The van der Waals surface area contributed by atoms with Crippen LogP contribution < -0.4 is 5.32 Å². The van der Waals surface area contributed by atoms with Crippen LogP contribution in [0.3, 0.4) is 0 Å². The first-order chi connectivity index (χ1) is 8.25. The van der Waals surface area contributed by atoms with Gasteiger partial charge in [-0.2, -0.15) is 0 Å². The molecule has 1 unspecified atom stereocenters. The van der Waals surface area contributed by atoms with Crippen molar-refractivity contribution in [1.82, 2.24) is 15.3 Å². The van der Waals surface area contributed by atoms with Gasteiger partial charge in [0.2, 0.25) is 0 Å². The smallest absolute Gasteiger partial charge is 0.115 e. The van der Waals surface area contributed by atoms with Crippen LogP contribution in [0.4, 0.5) is 0 Å². The van der Waals surface area contributed by atoms with E-state index >= 15 is 0 Å². The van der Waals surface area contributed by atoms with Crippen molar-refractivity contribution in [2.24, 2.45) is 0 Å². The average molecular weight is 227 g/mol. The second kappa shape index (κ2) is 5.55. The SMILES string of the molecule is Cc1ccc(C(C)NCc2ccncn2)cc1. The largest absolute Gasteiger partial charge is 0.305 e. The first kappa shape index (κ1) is 11.7. The molecular weight excluding hydrogens is 210 g/mol. The van der Waals surface area contributed by atoms with E-state index in [2.05, 4.69) is 53.4 Å². The summed E-state index contributed by atoms with van der Waals surface area (Å²) >= 11 is 0. The molecule has 0 aliphatic heterocycles. The maximum absolute atomic E-state index is 4.18. The van der Waals surface area contributed by atoms with Crippen LogP contribution in [0, 0.1) is 6.92 Å². The molecule has 0 fully saturated rings. The number of nitrogens with one attached hydrogen (secondary N) is 1. The van der Waals surface area contributed by atoms with Crippen LogP contribution in [-0.2, 0) is 6.54 Å².